The predicted molar refractivity (Wildman–Crippen MR) is 106 cm³/mol. The molecule has 0 spiro atoms. The minimum atomic E-state index is -0.522. The predicted octanol–water partition coefficient (Wildman–Crippen LogP) is 2.09. The number of nitrogens with zero attached hydrogens (tertiary/aromatic N) is 2. The molecule has 8 nitrogen and oxygen atoms in total. The summed E-state index contributed by atoms with van der Waals surface area (Å²) in [6.45, 7) is 7.32. The number of rotatable bonds is 4. The van der Waals surface area contributed by atoms with Gasteiger partial charge in [-0.2, -0.15) is 0 Å². The summed E-state index contributed by atoms with van der Waals surface area (Å²) in [5.74, 6) is -0.157. The lowest BCUT2D eigenvalue weighted by molar-refractivity contribution is -0.126. The van der Waals surface area contributed by atoms with E-state index in [1.54, 1.807) is 9.47 Å². The van der Waals surface area contributed by atoms with Gasteiger partial charge in [-0.25, -0.2) is 9.59 Å². The van der Waals surface area contributed by atoms with E-state index in [0.717, 1.165) is 11.0 Å². The molecular weight excluding hydrogens is 360 g/mol. The first-order chi connectivity index (χ1) is 13.2. The molecule has 2 amide bonds. The molecule has 2 aromatic rings. The largest absolute Gasteiger partial charge is 0.444 e. The topological polar surface area (TPSA) is 96.4 Å². The molecule has 2 heterocycles. The lowest BCUT2D eigenvalue weighted by Crippen LogP contribution is -2.45. The van der Waals surface area contributed by atoms with Crippen molar-refractivity contribution in [2.75, 3.05) is 19.6 Å². The maximum Gasteiger partial charge on any atom is 0.410 e. The van der Waals surface area contributed by atoms with Gasteiger partial charge in [-0.05, 0) is 45.7 Å². The van der Waals surface area contributed by atoms with Crippen molar-refractivity contribution >= 4 is 23.0 Å². The Balaban J connectivity index is 1.47. The Morgan fingerprint density at radius 1 is 1.21 bits per heavy atom. The summed E-state index contributed by atoms with van der Waals surface area (Å²) in [5, 5.41) is 2.92. The van der Waals surface area contributed by atoms with E-state index in [9.17, 15) is 14.4 Å². The highest BCUT2D eigenvalue weighted by Gasteiger charge is 2.29. The summed E-state index contributed by atoms with van der Waals surface area (Å²) >= 11 is 0. The van der Waals surface area contributed by atoms with Gasteiger partial charge >= 0.3 is 11.8 Å². The van der Waals surface area contributed by atoms with Crippen LogP contribution in [0.2, 0.25) is 0 Å². The highest BCUT2D eigenvalue weighted by atomic mass is 16.6. The van der Waals surface area contributed by atoms with Crippen LogP contribution in [0.25, 0.3) is 11.0 Å². The Morgan fingerprint density at radius 3 is 2.57 bits per heavy atom. The minimum Gasteiger partial charge on any atom is -0.444 e. The molecule has 1 aromatic carbocycles. The molecule has 152 valence electrons. The van der Waals surface area contributed by atoms with Gasteiger partial charge in [-0.3, -0.25) is 9.36 Å². The van der Waals surface area contributed by atoms with Crippen LogP contribution in [0.1, 0.15) is 33.6 Å². The molecule has 0 saturated carbocycles. The van der Waals surface area contributed by atoms with Crippen molar-refractivity contribution in [3.05, 3.63) is 34.7 Å². The van der Waals surface area contributed by atoms with Crippen LogP contribution in [0.5, 0.6) is 0 Å². The zero-order valence-electron chi connectivity index (χ0n) is 16.7. The monoisotopic (exact) mass is 388 g/mol. The van der Waals surface area contributed by atoms with Gasteiger partial charge in [0.2, 0.25) is 5.91 Å². The van der Waals surface area contributed by atoms with Crippen molar-refractivity contribution in [2.45, 2.75) is 45.8 Å². The molecule has 28 heavy (non-hydrogen) atoms. The number of imidazole rings is 1. The van der Waals surface area contributed by atoms with Gasteiger partial charge < -0.3 is 19.9 Å². The third-order valence-corrected chi connectivity index (χ3v) is 4.83. The quantitative estimate of drug-likeness (QED) is 0.838. The first-order valence-electron chi connectivity index (χ1n) is 9.68. The first kappa shape index (κ1) is 20.0. The fourth-order valence-corrected chi connectivity index (χ4v) is 3.41. The van der Waals surface area contributed by atoms with Crippen LogP contribution in [0, 0.1) is 5.92 Å². The number of hydrogen-bond acceptors (Lipinski definition) is 4. The molecule has 8 heteroatoms. The van der Waals surface area contributed by atoms with E-state index >= 15 is 0 Å². The van der Waals surface area contributed by atoms with Crippen molar-refractivity contribution in [3.8, 4) is 0 Å². The fourth-order valence-electron chi connectivity index (χ4n) is 3.41. The molecule has 0 atom stereocenters. The standard InChI is InChI=1S/C20H28N4O4/c1-20(2,3)28-19(27)23-11-8-14(9-12-23)17(25)21-10-13-24-16-7-5-4-6-15(16)22-18(24)26/h4-7,14H,8-13H2,1-3H3,(H,21,25)(H,22,26). The lowest BCUT2D eigenvalue weighted by Gasteiger charge is -2.32. The van der Waals surface area contributed by atoms with E-state index < -0.39 is 5.60 Å². The molecular formula is C20H28N4O4. The van der Waals surface area contributed by atoms with Crippen molar-refractivity contribution < 1.29 is 14.3 Å². The van der Waals surface area contributed by atoms with Crippen LogP contribution in [-0.2, 0) is 16.1 Å². The van der Waals surface area contributed by atoms with Crippen LogP contribution in [0.15, 0.2) is 29.1 Å². The molecule has 3 rings (SSSR count). The number of piperidine rings is 1. The number of benzene rings is 1. The van der Waals surface area contributed by atoms with Gasteiger partial charge in [0, 0.05) is 32.1 Å². The molecule has 1 saturated heterocycles. The zero-order chi connectivity index (χ0) is 20.3. The number of carbonyl (C=O) groups excluding carboxylic acids is 2. The number of ether oxygens (including phenoxy) is 1. The average molecular weight is 388 g/mol. The third-order valence-electron chi connectivity index (χ3n) is 4.83. The SMILES string of the molecule is CC(C)(C)OC(=O)N1CCC(C(=O)NCCn2c(=O)[nH]c3ccccc32)CC1. The van der Waals surface area contributed by atoms with Crippen LogP contribution in [0.4, 0.5) is 4.79 Å². The third kappa shape index (κ3) is 4.74. The zero-order valence-corrected chi connectivity index (χ0v) is 16.7. The number of amides is 2. The molecule has 0 unspecified atom stereocenters. The van der Waals surface area contributed by atoms with Gasteiger partial charge in [0.05, 0.1) is 11.0 Å². The van der Waals surface area contributed by atoms with Gasteiger partial charge in [-0.1, -0.05) is 12.1 Å². The number of aromatic amines is 1. The average Bonchev–Trinajstić information content (AvgIpc) is 2.96. The number of hydrogen-bond donors (Lipinski definition) is 2. The fraction of sp³-hybridized carbons (Fsp3) is 0.550. The van der Waals surface area contributed by atoms with E-state index in [2.05, 4.69) is 10.3 Å². The van der Waals surface area contributed by atoms with E-state index in [4.69, 9.17) is 4.74 Å². The number of H-pyrrole nitrogens is 1. The summed E-state index contributed by atoms with van der Waals surface area (Å²) in [6, 6.07) is 7.48. The van der Waals surface area contributed by atoms with Gasteiger partial charge in [0.1, 0.15) is 5.60 Å². The van der Waals surface area contributed by atoms with E-state index in [1.807, 2.05) is 45.0 Å². The highest BCUT2D eigenvalue weighted by molar-refractivity contribution is 5.79. The summed E-state index contributed by atoms with van der Waals surface area (Å²) < 4.78 is 7.00. The Kier molecular flexibility index (Phi) is 5.76. The van der Waals surface area contributed by atoms with Gasteiger partial charge in [0.15, 0.2) is 0 Å². The molecule has 2 N–H and O–H groups in total. The molecule has 1 aliphatic rings. The summed E-state index contributed by atoms with van der Waals surface area (Å²) in [7, 11) is 0. The lowest BCUT2D eigenvalue weighted by atomic mass is 9.96. The summed E-state index contributed by atoms with van der Waals surface area (Å²) in [5.41, 5.74) is 0.910. The van der Waals surface area contributed by atoms with Gasteiger partial charge in [0.25, 0.3) is 0 Å². The number of fused-ring (bicyclic) bond motifs is 1. The summed E-state index contributed by atoms with van der Waals surface area (Å²) in [6.07, 6.45) is 0.890. The van der Waals surface area contributed by atoms with Crippen LogP contribution in [0.3, 0.4) is 0 Å². The van der Waals surface area contributed by atoms with Crippen LogP contribution >= 0.6 is 0 Å². The first-order valence-corrected chi connectivity index (χ1v) is 9.68. The van der Waals surface area contributed by atoms with E-state index in [0.29, 0.717) is 39.0 Å². The minimum absolute atomic E-state index is 0.0308. The highest BCUT2D eigenvalue weighted by Crippen LogP contribution is 2.20. The van der Waals surface area contributed by atoms with Crippen molar-refractivity contribution in [3.63, 3.8) is 0 Å². The number of likely N-dealkylation sites (tertiary alicyclic amines) is 1. The smallest absolute Gasteiger partial charge is 0.410 e. The Bertz CT molecular complexity index is 901. The summed E-state index contributed by atoms with van der Waals surface area (Å²) in [4.78, 5) is 41.1. The van der Waals surface area contributed by atoms with Crippen LogP contribution < -0.4 is 11.0 Å². The Morgan fingerprint density at radius 2 is 1.89 bits per heavy atom. The second-order valence-electron chi connectivity index (χ2n) is 8.13. The molecule has 0 aliphatic carbocycles. The second kappa shape index (κ2) is 8.08. The maximum absolute atomic E-state index is 12.4. The number of carbonyl (C=O) groups is 2. The maximum atomic E-state index is 12.4. The number of nitrogens with one attached hydrogen (secondary N) is 2. The van der Waals surface area contributed by atoms with Crippen molar-refractivity contribution in [2.24, 2.45) is 5.92 Å². The van der Waals surface area contributed by atoms with Crippen molar-refractivity contribution in [1.82, 2.24) is 19.8 Å². The van der Waals surface area contributed by atoms with E-state index in [1.165, 1.54) is 0 Å². The van der Waals surface area contributed by atoms with Crippen LogP contribution in [-0.4, -0.2) is 51.7 Å². The Labute approximate surface area is 163 Å². The normalized spacial score (nSPS) is 15.6. The second-order valence-corrected chi connectivity index (χ2v) is 8.13. The van der Waals surface area contributed by atoms with Crippen molar-refractivity contribution in [1.29, 1.82) is 0 Å². The molecule has 1 aromatic heterocycles. The van der Waals surface area contributed by atoms with Gasteiger partial charge in [-0.15, -0.1) is 0 Å². The molecule has 1 fully saturated rings. The Hall–Kier alpha value is -2.77. The molecule has 1 aliphatic heterocycles. The number of para-hydroxylation sites is 2. The molecule has 0 bridgehead atoms. The molecule has 0 radical (unpaired) electrons. The van der Waals surface area contributed by atoms with E-state index in [-0.39, 0.29) is 23.6 Å². The number of aromatic nitrogens is 2.